The predicted molar refractivity (Wildman–Crippen MR) is 90.3 cm³/mol. The lowest BCUT2D eigenvalue weighted by Crippen LogP contribution is -2.20. The van der Waals surface area contributed by atoms with Crippen molar-refractivity contribution in [3.8, 4) is 0 Å². The SMILES string of the molecule is Fc1ccc([C@H]2C=C(c3ccc(Br)cc3)Nc3ncnn32)cc1. The third kappa shape index (κ3) is 2.66. The summed E-state index contributed by atoms with van der Waals surface area (Å²) in [4.78, 5) is 4.26. The van der Waals surface area contributed by atoms with Crippen molar-refractivity contribution >= 4 is 27.6 Å². The van der Waals surface area contributed by atoms with Crippen LogP contribution in [0.25, 0.3) is 5.70 Å². The second-order valence-electron chi connectivity index (χ2n) is 5.24. The van der Waals surface area contributed by atoms with E-state index < -0.39 is 0 Å². The van der Waals surface area contributed by atoms with Crippen molar-refractivity contribution in [3.05, 3.63) is 82.4 Å². The Morgan fingerprint density at radius 2 is 1.78 bits per heavy atom. The molecule has 0 saturated heterocycles. The molecule has 0 fully saturated rings. The summed E-state index contributed by atoms with van der Waals surface area (Å²) < 4.78 is 16.0. The molecular formula is C17H12BrFN4. The first-order chi connectivity index (χ1) is 11.2. The minimum absolute atomic E-state index is 0.131. The van der Waals surface area contributed by atoms with Crippen LogP contribution < -0.4 is 5.32 Å². The van der Waals surface area contributed by atoms with Gasteiger partial charge in [-0.2, -0.15) is 10.1 Å². The molecule has 1 atom stereocenters. The smallest absolute Gasteiger partial charge is 0.226 e. The fourth-order valence-corrected chi connectivity index (χ4v) is 2.89. The molecule has 6 heteroatoms. The van der Waals surface area contributed by atoms with Crippen molar-refractivity contribution in [3.63, 3.8) is 0 Å². The summed E-state index contributed by atoms with van der Waals surface area (Å²) in [6, 6.07) is 14.4. The van der Waals surface area contributed by atoms with Gasteiger partial charge in [-0.05, 0) is 41.5 Å². The summed E-state index contributed by atoms with van der Waals surface area (Å²) in [5.74, 6) is 0.415. The van der Waals surface area contributed by atoms with Crippen molar-refractivity contribution in [1.82, 2.24) is 14.8 Å². The molecule has 1 aliphatic rings. The highest BCUT2D eigenvalue weighted by Gasteiger charge is 2.23. The van der Waals surface area contributed by atoms with Crippen LogP contribution in [0.3, 0.4) is 0 Å². The highest BCUT2D eigenvalue weighted by Crippen LogP contribution is 2.32. The van der Waals surface area contributed by atoms with E-state index in [1.807, 2.05) is 24.3 Å². The first-order valence-corrected chi connectivity index (χ1v) is 7.90. The summed E-state index contributed by atoms with van der Waals surface area (Å²) >= 11 is 3.44. The number of hydrogen-bond donors (Lipinski definition) is 1. The number of benzene rings is 2. The molecule has 1 aliphatic heterocycles. The Bertz CT molecular complexity index is 868. The van der Waals surface area contributed by atoms with Crippen LogP contribution >= 0.6 is 15.9 Å². The lowest BCUT2D eigenvalue weighted by atomic mass is 10.0. The maximum atomic E-state index is 13.2. The fraction of sp³-hybridized carbons (Fsp3) is 0.0588. The normalized spacial score (nSPS) is 16.4. The van der Waals surface area contributed by atoms with Gasteiger partial charge in [0.25, 0.3) is 0 Å². The number of fused-ring (bicyclic) bond motifs is 1. The average molecular weight is 371 g/mol. The Balaban J connectivity index is 1.79. The first-order valence-electron chi connectivity index (χ1n) is 7.10. The van der Waals surface area contributed by atoms with Gasteiger partial charge in [0, 0.05) is 10.2 Å². The maximum Gasteiger partial charge on any atom is 0.226 e. The number of halogens is 2. The summed E-state index contributed by atoms with van der Waals surface area (Å²) in [7, 11) is 0. The van der Waals surface area contributed by atoms with E-state index >= 15 is 0 Å². The van der Waals surface area contributed by atoms with E-state index in [9.17, 15) is 4.39 Å². The predicted octanol–water partition coefficient (Wildman–Crippen LogP) is 4.24. The van der Waals surface area contributed by atoms with Gasteiger partial charge in [0.15, 0.2) is 0 Å². The lowest BCUT2D eigenvalue weighted by molar-refractivity contribution is 0.603. The maximum absolute atomic E-state index is 13.2. The van der Waals surface area contributed by atoms with Gasteiger partial charge in [-0.25, -0.2) is 9.07 Å². The molecule has 0 bridgehead atoms. The minimum atomic E-state index is -0.251. The van der Waals surface area contributed by atoms with Crippen LogP contribution in [-0.2, 0) is 0 Å². The largest absolute Gasteiger partial charge is 0.324 e. The van der Waals surface area contributed by atoms with E-state index in [1.165, 1.54) is 18.5 Å². The second kappa shape index (κ2) is 5.62. The van der Waals surface area contributed by atoms with Crippen molar-refractivity contribution in [2.24, 2.45) is 0 Å². The topological polar surface area (TPSA) is 42.7 Å². The van der Waals surface area contributed by atoms with Crippen LogP contribution in [0.1, 0.15) is 17.2 Å². The second-order valence-corrected chi connectivity index (χ2v) is 6.15. The van der Waals surface area contributed by atoms with Crippen LogP contribution in [0.4, 0.5) is 10.3 Å². The first kappa shape index (κ1) is 14.1. The standard InChI is InChI=1S/C17H12BrFN4/c18-13-5-1-11(2-6-13)15-9-16(12-3-7-14(19)8-4-12)23-17(22-15)20-10-21-23/h1-10,16H,(H,20,21,22)/t16-/m1/s1. The van der Waals surface area contributed by atoms with Crippen molar-refractivity contribution in [1.29, 1.82) is 0 Å². The van der Waals surface area contributed by atoms with Crippen LogP contribution in [-0.4, -0.2) is 14.8 Å². The van der Waals surface area contributed by atoms with Crippen LogP contribution in [0.5, 0.6) is 0 Å². The van der Waals surface area contributed by atoms with Gasteiger partial charge in [0.2, 0.25) is 5.95 Å². The van der Waals surface area contributed by atoms with Gasteiger partial charge in [0.1, 0.15) is 18.2 Å². The molecule has 1 aromatic heterocycles. The van der Waals surface area contributed by atoms with Crippen LogP contribution in [0, 0.1) is 5.82 Å². The fourth-order valence-electron chi connectivity index (χ4n) is 2.63. The van der Waals surface area contributed by atoms with Crippen molar-refractivity contribution in [2.75, 3.05) is 5.32 Å². The number of anilines is 1. The van der Waals surface area contributed by atoms with Gasteiger partial charge < -0.3 is 5.32 Å². The Labute approximate surface area is 140 Å². The van der Waals surface area contributed by atoms with Gasteiger partial charge in [-0.15, -0.1) is 0 Å². The summed E-state index contributed by atoms with van der Waals surface area (Å²) in [5.41, 5.74) is 2.95. The van der Waals surface area contributed by atoms with E-state index in [0.29, 0.717) is 5.95 Å². The molecule has 114 valence electrons. The minimum Gasteiger partial charge on any atom is -0.324 e. The van der Waals surface area contributed by atoms with Crippen LogP contribution in [0.15, 0.2) is 65.4 Å². The number of hydrogen-bond acceptors (Lipinski definition) is 3. The van der Waals surface area contributed by atoms with Crippen molar-refractivity contribution < 1.29 is 4.39 Å². The highest BCUT2D eigenvalue weighted by molar-refractivity contribution is 9.10. The summed E-state index contributed by atoms with van der Waals surface area (Å²) in [6.07, 6.45) is 3.58. The molecule has 1 N–H and O–H groups in total. The van der Waals surface area contributed by atoms with Gasteiger partial charge in [-0.3, -0.25) is 0 Å². The molecule has 0 aliphatic carbocycles. The lowest BCUT2D eigenvalue weighted by Gasteiger charge is -2.24. The molecule has 0 saturated carbocycles. The Morgan fingerprint density at radius 3 is 2.52 bits per heavy atom. The summed E-state index contributed by atoms with van der Waals surface area (Å²) in [6.45, 7) is 0. The number of nitrogens with one attached hydrogen (secondary N) is 1. The molecule has 0 amide bonds. The van der Waals surface area contributed by atoms with E-state index in [-0.39, 0.29) is 11.9 Å². The average Bonchev–Trinajstić information content (AvgIpc) is 3.04. The Kier molecular flexibility index (Phi) is 3.46. The van der Waals surface area contributed by atoms with Gasteiger partial charge in [-0.1, -0.05) is 40.2 Å². The van der Waals surface area contributed by atoms with E-state index in [0.717, 1.165) is 21.3 Å². The third-order valence-corrected chi connectivity index (χ3v) is 4.30. The summed E-state index contributed by atoms with van der Waals surface area (Å²) in [5, 5.41) is 7.56. The molecular weight excluding hydrogens is 359 g/mol. The van der Waals surface area contributed by atoms with Crippen molar-refractivity contribution in [2.45, 2.75) is 6.04 Å². The van der Waals surface area contributed by atoms with E-state index in [1.54, 1.807) is 16.8 Å². The quantitative estimate of drug-likeness (QED) is 0.733. The van der Waals surface area contributed by atoms with E-state index in [2.05, 4.69) is 37.4 Å². The number of nitrogens with zero attached hydrogens (tertiary/aromatic N) is 3. The number of rotatable bonds is 2. The number of allylic oxidation sites excluding steroid dienone is 1. The molecule has 0 radical (unpaired) electrons. The molecule has 0 spiro atoms. The molecule has 4 nitrogen and oxygen atoms in total. The molecule has 0 unspecified atom stereocenters. The monoisotopic (exact) mass is 370 g/mol. The van der Waals surface area contributed by atoms with E-state index in [4.69, 9.17) is 0 Å². The zero-order chi connectivity index (χ0) is 15.8. The third-order valence-electron chi connectivity index (χ3n) is 3.77. The van der Waals surface area contributed by atoms with Gasteiger partial charge in [0.05, 0.1) is 0 Å². The molecule has 3 aromatic rings. The zero-order valence-corrected chi connectivity index (χ0v) is 13.5. The molecule has 2 heterocycles. The zero-order valence-electron chi connectivity index (χ0n) is 11.9. The Hall–Kier alpha value is -2.47. The highest BCUT2D eigenvalue weighted by atomic mass is 79.9. The molecule has 2 aromatic carbocycles. The van der Waals surface area contributed by atoms with Crippen LogP contribution in [0.2, 0.25) is 0 Å². The van der Waals surface area contributed by atoms with Gasteiger partial charge >= 0.3 is 0 Å². The molecule has 23 heavy (non-hydrogen) atoms. The molecule has 4 rings (SSSR count). The number of aromatic nitrogens is 3. The Morgan fingerprint density at radius 1 is 1.04 bits per heavy atom.